The lowest BCUT2D eigenvalue weighted by atomic mass is 10.1. The molecule has 1 unspecified atom stereocenters. The van der Waals surface area contributed by atoms with Crippen molar-refractivity contribution in [2.45, 2.75) is 13.0 Å². The number of carbonyl (C=O) groups excluding carboxylic acids is 1. The summed E-state index contributed by atoms with van der Waals surface area (Å²) in [5.74, 6) is -0.474. The first-order chi connectivity index (χ1) is 9.56. The zero-order chi connectivity index (χ0) is 14.5. The largest absolute Gasteiger partial charge is 0.331 e. The van der Waals surface area contributed by atoms with Crippen molar-refractivity contribution in [1.82, 2.24) is 5.32 Å². The molecule has 0 aliphatic carbocycles. The molecule has 0 radical (unpaired) electrons. The first-order valence-corrected chi connectivity index (χ1v) is 6.51. The molecule has 1 atom stereocenters. The van der Waals surface area contributed by atoms with Crippen LogP contribution in [0, 0.1) is 5.82 Å². The molecule has 0 aromatic heterocycles. The maximum Gasteiger partial charge on any atom is 0.319 e. The molecule has 0 heterocycles. The third-order valence-electron chi connectivity index (χ3n) is 2.82. The minimum atomic E-state index is -0.474. The van der Waals surface area contributed by atoms with Gasteiger partial charge in [0.1, 0.15) is 5.82 Å². The van der Waals surface area contributed by atoms with E-state index in [-0.39, 0.29) is 11.7 Å². The Labute approximate surface area is 121 Å². The third-order valence-corrected chi connectivity index (χ3v) is 3.05. The lowest BCUT2D eigenvalue weighted by Gasteiger charge is -2.15. The lowest BCUT2D eigenvalue weighted by Crippen LogP contribution is -2.31. The number of carbonyl (C=O) groups is 1. The highest BCUT2D eigenvalue weighted by atomic mass is 35.5. The van der Waals surface area contributed by atoms with Gasteiger partial charge in [-0.3, -0.25) is 0 Å². The molecule has 0 spiro atoms. The van der Waals surface area contributed by atoms with Crippen molar-refractivity contribution in [3.05, 3.63) is 64.9 Å². The summed E-state index contributed by atoms with van der Waals surface area (Å²) in [7, 11) is 0. The van der Waals surface area contributed by atoms with Crippen molar-refractivity contribution in [2.75, 3.05) is 5.32 Å². The van der Waals surface area contributed by atoms with Gasteiger partial charge in [-0.05, 0) is 36.8 Å². The summed E-state index contributed by atoms with van der Waals surface area (Å²) >= 11 is 5.90. The third kappa shape index (κ3) is 3.71. The quantitative estimate of drug-likeness (QED) is 0.867. The van der Waals surface area contributed by atoms with E-state index in [9.17, 15) is 9.18 Å². The molecule has 2 amide bonds. The van der Waals surface area contributed by atoms with E-state index < -0.39 is 11.8 Å². The number of hydrogen-bond donors (Lipinski definition) is 2. The van der Waals surface area contributed by atoms with Crippen LogP contribution in [0.1, 0.15) is 18.5 Å². The second kappa shape index (κ2) is 6.39. The number of anilines is 1. The van der Waals surface area contributed by atoms with Crippen molar-refractivity contribution < 1.29 is 9.18 Å². The molecule has 2 rings (SSSR count). The summed E-state index contributed by atoms with van der Waals surface area (Å²) in [6.07, 6.45) is 0. The first-order valence-electron chi connectivity index (χ1n) is 6.14. The van der Waals surface area contributed by atoms with E-state index in [0.717, 1.165) is 5.56 Å². The Bertz CT molecular complexity index is 618. The lowest BCUT2D eigenvalue weighted by molar-refractivity contribution is 0.249. The second-order valence-electron chi connectivity index (χ2n) is 4.36. The minimum Gasteiger partial charge on any atom is -0.331 e. The van der Waals surface area contributed by atoms with E-state index in [1.165, 1.54) is 12.1 Å². The van der Waals surface area contributed by atoms with Crippen molar-refractivity contribution >= 4 is 23.3 Å². The van der Waals surface area contributed by atoms with E-state index in [1.54, 1.807) is 24.3 Å². The highest BCUT2D eigenvalue weighted by Crippen LogP contribution is 2.18. The molecule has 3 nitrogen and oxygen atoms in total. The number of rotatable bonds is 3. The minimum absolute atomic E-state index is 0.142. The summed E-state index contributed by atoms with van der Waals surface area (Å²) in [5, 5.41) is 5.79. The van der Waals surface area contributed by atoms with Crippen LogP contribution in [0.3, 0.4) is 0 Å². The van der Waals surface area contributed by atoms with Gasteiger partial charge in [0.25, 0.3) is 0 Å². The van der Waals surface area contributed by atoms with Crippen LogP contribution in [0.4, 0.5) is 14.9 Å². The molecular weight excluding hydrogens is 279 g/mol. The van der Waals surface area contributed by atoms with Gasteiger partial charge in [-0.25, -0.2) is 9.18 Å². The van der Waals surface area contributed by atoms with Crippen LogP contribution in [0.2, 0.25) is 5.02 Å². The van der Waals surface area contributed by atoms with Crippen molar-refractivity contribution in [2.24, 2.45) is 0 Å². The van der Waals surface area contributed by atoms with Gasteiger partial charge < -0.3 is 10.6 Å². The molecule has 104 valence electrons. The Kier molecular flexibility index (Phi) is 4.58. The average molecular weight is 293 g/mol. The molecule has 0 saturated heterocycles. The molecule has 0 saturated carbocycles. The van der Waals surface area contributed by atoms with Gasteiger partial charge in [0, 0.05) is 5.02 Å². The fourth-order valence-electron chi connectivity index (χ4n) is 1.78. The van der Waals surface area contributed by atoms with Crippen molar-refractivity contribution in [3.63, 3.8) is 0 Å². The highest BCUT2D eigenvalue weighted by Gasteiger charge is 2.11. The molecular formula is C15H14ClFN2O. The van der Waals surface area contributed by atoms with E-state index in [2.05, 4.69) is 10.6 Å². The van der Waals surface area contributed by atoms with E-state index in [1.807, 2.05) is 19.1 Å². The summed E-state index contributed by atoms with van der Waals surface area (Å²) in [5.41, 5.74) is 1.02. The summed E-state index contributed by atoms with van der Waals surface area (Å²) in [6.45, 7) is 1.83. The summed E-state index contributed by atoms with van der Waals surface area (Å²) in [4.78, 5) is 11.8. The zero-order valence-corrected chi connectivity index (χ0v) is 11.6. The van der Waals surface area contributed by atoms with Gasteiger partial charge >= 0.3 is 6.03 Å². The molecule has 20 heavy (non-hydrogen) atoms. The van der Waals surface area contributed by atoms with Gasteiger partial charge in [0.15, 0.2) is 0 Å². The van der Waals surface area contributed by atoms with Crippen LogP contribution in [0.15, 0.2) is 48.5 Å². The average Bonchev–Trinajstić information content (AvgIpc) is 2.41. The first kappa shape index (κ1) is 14.3. The van der Waals surface area contributed by atoms with Crippen LogP contribution in [-0.2, 0) is 0 Å². The van der Waals surface area contributed by atoms with Crippen molar-refractivity contribution in [3.8, 4) is 0 Å². The second-order valence-corrected chi connectivity index (χ2v) is 4.79. The molecule has 2 aromatic carbocycles. The Balaban J connectivity index is 2.00. The Morgan fingerprint density at radius 1 is 1.20 bits per heavy atom. The van der Waals surface area contributed by atoms with E-state index >= 15 is 0 Å². The highest BCUT2D eigenvalue weighted by molar-refractivity contribution is 6.30. The smallest absolute Gasteiger partial charge is 0.319 e. The van der Waals surface area contributed by atoms with Crippen molar-refractivity contribution in [1.29, 1.82) is 0 Å². The number of urea groups is 1. The molecule has 0 aliphatic rings. The van der Waals surface area contributed by atoms with Crippen LogP contribution >= 0.6 is 11.6 Å². The van der Waals surface area contributed by atoms with Gasteiger partial charge in [-0.2, -0.15) is 0 Å². The fraction of sp³-hybridized carbons (Fsp3) is 0.133. The molecule has 2 aromatic rings. The molecule has 0 fully saturated rings. The standard InChI is InChI=1S/C15H14ClFN2O/c1-10(11-5-4-6-12(16)9-11)18-15(20)19-14-8-3-2-7-13(14)17/h2-10H,1H3,(H2,18,19,20). The number of halogens is 2. The summed E-state index contributed by atoms with van der Waals surface area (Å²) in [6, 6.07) is 12.5. The normalized spacial score (nSPS) is 11.8. The van der Waals surface area contributed by atoms with Crippen LogP contribution < -0.4 is 10.6 Å². The Hall–Kier alpha value is -2.07. The fourth-order valence-corrected chi connectivity index (χ4v) is 1.98. The predicted octanol–water partition coefficient (Wildman–Crippen LogP) is 4.36. The summed E-state index contributed by atoms with van der Waals surface area (Å²) < 4.78 is 13.4. The number of benzene rings is 2. The molecule has 0 bridgehead atoms. The Morgan fingerprint density at radius 3 is 2.65 bits per heavy atom. The van der Waals surface area contributed by atoms with Gasteiger partial charge in [0.05, 0.1) is 11.7 Å². The zero-order valence-electron chi connectivity index (χ0n) is 10.9. The van der Waals surface area contributed by atoms with Gasteiger partial charge in [-0.1, -0.05) is 35.9 Å². The number of nitrogens with one attached hydrogen (secondary N) is 2. The molecule has 0 aliphatic heterocycles. The van der Waals surface area contributed by atoms with Gasteiger partial charge in [-0.15, -0.1) is 0 Å². The number of amides is 2. The molecule has 2 N–H and O–H groups in total. The maximum atomic E-state index is 13.4. The van der Waals surface area contributed by atoms with Crippen LogP contribution in [-0.4, -0.2) is 6.03 Å². The topological polar surface area (TPSA) is 41.1 Å². The van der Waals surface area contributed by atoms with E-state index in [0.29, 0.717) is 5.02 Å². The Morgan fingerprint density at radius 2 is 1.95 bits per heavy atom. The van der Waals surface area contributed by atoms with E-state index in [4.69, 9.17) is 11.6 Å². The number of hydrogen-bond acceptors (Lipinski definition) is 1. The SMILES string of the molecule is CC(NC(=O)Nc1ccccc1F)c1cccc(Cl)c1. The monoisotopic (exact) mass is 292 g/mol. The van der Waals surface area contributed by atoms with Gasteiger partial charge in [0.2, 0.25) is 0 Å². The number of para-hydroxylation sites is 1. The predicted molar refractivity (Wildman–Crippen MR) is 78.4 cm³/mol. The maximum absolute atomic E-state index is 13.4. The molecule has 5 heteroatoms. The van der Waals surface area contributed by atoms with Crippen LogP contribution in [0.5, 0.6) is 0 Å². The van der Waals surface area contributed by atoms with Crippen LogP contribution in [0.25, 0.3) is 0 Å².